The van der Waals surface area contributed by atoms with Crippen molar-refractivity contribution in [1.82, 2.24) is 0 Å². The predicted octanol–water partition coefficient (Wildman–Crippen LogP) is 6.78. The molecule has 1 N–H and O–H groups in total. The van der Waals surface area contributed by atoms with Crippen molar-refractivity contribution < 1.29 is 9.53 Å². The fraction of sp³-hybridized carbons (Fsp3) is 1.00. The second kappa shape index (κ2) is 7.68. The summed E-state index contributed by atoms with van der Waals surface area (Å²) in [6.07, 6.45) is 12.2. The molecule has 8 atom stereocenters. The molecule has 28 heavy (non-hydrogen) atoms. The maximum atomic E-state index is 10.3. The normalized spacial score (nSPS) is 48.6. The maximum Gasteiger partial charge on any atom is 0.192 e. The summed E-state index contributed by atoms with van der Waals surface area (Å²) in [7, 11) is -1.53. The molecule has 0 heterocycles. The fourth-order valence-corrected chi connectivity index (χ4v) is 11.7. The highest BCUT2D eigenvalue weighted by Gasteiger charge is 2.61. The summed E-state index contributed by atoms with van der Waals surface area (Å²) in [4.78, 5) is 0. The standard InChI is InChI=1S/C25H46O2Si/c1-6-28(7-2,8-3)27-23-12-11-21-20-10-9-18-17-19(26)13-15-24(18,4)22(20)14-16-25(21,23)5/h18-23,26H,6-17H2,1-5H3/t18-,19-,20-,21-,22-,23-,24-,25-/m0/s1. The Kier molecular flexibility index (Phi) is 5.86. The molecule has 0 radical (unpaired) electrons. The topological polar surface area (TPSA) is 29.5 Å². The first kappa shape index (κ1) is 21.4. The number of rotatable bonds is 5. The van der Waals surface area contributed by atoms with E-state index in [0.29, 0.717) is 16.9 Å². The summed E-state index contributed by atoms with van der Waals surface area (Å²) in [6.45, 7) is 12.4. The molecule has 0 amide bonds. The van der Waals surface area contributed by atoms with Crippen molar-refractivity contribution in [3.63, 3.8) is 0 Å². The Labute approximate surface area is 175 Å². The van der Waals surface area contributed by atoms with E-state index in [4.69, 9.17) is 4.43 Å². The molecule has 0 aliphatic heterocycles. The minimum absolute atomic E-state index is 0.0250. The summed E-state index contributed by atoms with van der Waals surface area (Å²) in [5.41, 5.74) is 0.924. The predicted molar refractivity (Wildman–Crippen MR) is 120 cm³/mol. The monoisotopic (exact) mass is 406 g/mol. The Balaban J connectivity index is 1.54. The largest absolute Gasteiger partial charge is 0.413 e. The first-order chi connectivity index (χ1) is 13.3. The van der Waals surface area contributed by atoms with Crippen LogP contribution < -0.4 is 0 Å². The van der Waals surface area contributed by atoms with E-state index in [1.54, 1.807) is 0 Å². The zero-order chi connectivity index (χ0) is 20.2. The molecule has 0 spiro atoms. The highest BCUT2D eigenvalue weighted by Crippen LogP contribution is 2.66. The van der Waals surface area contributed by atoms with Crippen LogP contribution in [0.25, 0.3) is 0 Å². The summed E-state index contributed by atoms with van der Waals surface area (Å²) >= 11 is 0. The van der Waals surface area contributed by atoms with Gasteiger partial charge in [-0.25, -0.2) is 0 Å². The molecule has 0 aromatic rings. The summed E-state index contributed by atoms with van der Waals surface area (Å²) < 4.78 is 7.15. The van der Waals surface area contributed by atoms with Gasteiger partial charge in [0.25, 0.3) is 0 Å². The van der Waals surface area contributed by atoms with Crippen molar-refractivity contribution in [1.29, 1.82) is 0 Å². The van der Waals surface area contributed by atoms with Gasteiger partial charge in [0.1, 0.15) is 0 Å². The van der Waals surface area contributed by atoms with Crippen LogP contribution in [0.2, 0.25) is 18.1 Å². The second-order valence-corrected chi connectivity index (χ2v) is 16.3. The van der Waals surface area contributed by atoms with Crippen LogP contribution in [0.15, 0.2) is 0 Å². The zero-order valence-corrected chi connectivity index (χ0v) is 20.3. The lowest BCUT2D eigenvalue weighted by atomic mass is 9.45. The maximum absolute atomic E-state index is 10.3. The van der Waals surface area contributed by atoms with Gasteiger partial charge >= 0.3 is 0 Å². The van der Waals surface area contributed by atoms with Crippen molar-refractivity contribution in [2.75, 3.05) is 0 Å². The first-order valence-corrected chi connectivity index (χ1v) is 15.2. The van der Waals surface area contributed by atoms with Gasteiger partial charge in [-0.2, -0.15) is 0 Å². The van der Waals surface area contributed by atoms with Gasteiger partial charge in [-0.15, -0.1) is 0 Å². The molecule has 3 heteroatoms. The van der Waals surface area contributed by atoms with Crippen LogP contribution in [0, 0.1) is 34.5 Å². The number of aliphatic hydroxyl groups excluding tert-OH is 1. The van der Waals surface area contributed by atoms with Crippen molar-refractivity contribution in [3.8, 4) is 0 Å². The molecule has 0 unspecified atom stereocenters. The number of hydrogen-bond acceptors (Lipinski definition) is 2. The summed E-state index contributed by atoms with van der Waals surface area (Å²) in [5.74, 6) is 3.49. The van der Waals surface area contributed by atoms with Crippen molar-refractivity contribution in [3.05, 3.63) is 0 Å². The van der Waals surface area contributed by atoms with Gasteiger partial charge < -0.3 is 9.53 Å². The quantitative estimate of drug-likeness (QED) is 0.510. The molecule has 0 bridgehead atoms. The van der Waals surface area contributed by atoms with Crippen molar-refractivity contribution >= 4 is 8.32 Å². The molecule has 4 fully saturated rings. The molecule has 0 saturated heterocycles. The Bertz CT molecular complexity index is 552. The van der Waals surface area contributed by atoms with Gasteiger partial charge in [-0.1, -0.05) is 34.6 Å². The van der Waals surface area contributed by atoms with Gasteiger partial charge in [0, 0.05) is 0 Å². The van der Waals surface area contributed by atoms with Gasteiger partial charge in [0.15, 0.2) is 8.32 Å². The van der Waals surface area contributed by atoms with Gasteiger partial charge in [0.05, 0.1) is 12.2 Å². The van der Waals surface area contributed by atoms with Crippen LogP contribution in [-0.2, 0) is 4.43 Å². The Morgan fingerprint density at radius 3 is 2.14 bits per heavy atom. The van der Waals surface area contributed by atoms with E-state index in [2.05, 4.69) is 34.6 Å². The van der Waals surface area contributed by atoms with Crippen LogP contribution in [-0.4, -0.2) is 25.6 Å². The highest BCUT2D eigenvalue weighted by atomic mass is 28.4. The van der Waals surface area contributed by atoms with Crippen LogP contribution >= 0.6 is 0 Å². The lowest BCUT2D eigenvalue weighted by Gasteiger charge is -2.61. The third-order valence-electron chi connectivity index (χ3n) is 10.9. The number of fused-ring (bicyclic) bond motifs is 5. The SMILES string of the molecule is CC[Si](CC)(CC)O[C@H]1CC[C@H]2[C@@H]3CC[C@H]4C[C@@H](O)CC[C@]4(C)[C@H]3CC[C@]12C. The number of aliphatic hydroxyl groups is 1. The average molecular weight is 407 g/mol. The first-order valence-electron chi connectivity index (χ1n) is 12.7. The second-order valence-electron chi connectivity index (χ2n) is 11.6. The van der Waals surface area contributed by atoms with Crippen LogP contribution in [0.3, 0.4) is 0 Å². The van der Waals surface area contributed by atoms with E-state index in [0.717, 1.165) is 36.5 Å². The fourth-order valence-electron chi connectivity index (χ4n) is 8.68. The van der Waals surface area contributed by atoms with Crippen LogP contribution in [0.4, 0.5) is 0 Å². The minimum atomic E-state index is -1.53. The van der Waals surface area contributed by atoms with Gasteiger partial charge in [-0.3, -0.25) is 0 Å². The lowest BCUT2D eigenvalue weighted by Crippen LogP contribution is -2.55. The van der Waals surface area contributed by atoms with Crippen molar-refractivity contribution in [2.45, 2.75) is 123 Å². The van der Waals surface area contributed by atoms with Crippen molar-refractivity contribution in [2.24, 2.45) is 34.5 Å². The molecule has 4 rings (SSSR count). The van der Waals surface area contributed by atoms with E-state index in [1.165, 1.54) is 63.1 Å². The van der Waals surface area contributed by atoms with E-state index >= 15 is 0 Å². The molecular formula is C25H46O2Si. The Morgan fingerprint density at radius 1 is 0.821 bits per heavy atom. The minimum Gasteiger partial charge on any atom is -0.413 e. The molecule has 0 aromatic heterocycles. The van der Waals surface area contributed by atoms with E-state index in [9.17, 15) is 5.11 Å². The molecule has 4 saturated carbocycles. The van der Waals surface area contributed by atoms with E-state index in [-0.39, 0.29) is 6.10 Å². The van der Waals surface area contributed by atoms with E-state index in [1.807, 2.05) is 0 Å². The lowest BCUT2D eigenvalue weighted by molar-refractivity contribution is -0.132. The number of hydrogen-bond donors (Lipinski definition) is 1. The van der Waals surface area contributed by atoms with Crippen LogP contribution in [0.5, 0.6) is 0 Å². The molecule has 4 aliphatic carbocycles. The average Bonchev–Trinajstić information content (AvgIpc) is 3.03. The molecule has 4 aliphatic rings. The molecule has 162 valence electrons. The molecule has 0 aromatic carbocycles. The Hall–Kier alpha value is 0.137. The third-order valence-corrected chi connectivity index (χ3v) is 15.5. The van der Waals surface area contributed by atoms with Gasteiger partial charge in [-0.05, 0) is 110 Å². The summed E-state index contributed by atoms with van der Waals surface area (Å²) in [6, 6.07) is 3.85. The molecule has 2 nitrogen and oxygen atoms in total. The summed E-state index contributed by atoms with van der Waals surface area (Å²) in [5, 5.41) is 10.3. The Morgan fingerprint density at radius 2 is 1.46 bits per heavy atom. The smallest absolute Gasteiger partial charge is 0.192 e. The molecular weight excluding hydrogens is 360 g/mol. The zero-order valence-electron chi connectivity index (χ0n) is 19.3. The van der Waals surface area contributed by atoms with Gasteiger partial charge in [0.2, 0.25) is 0 Å². The van der Waals surface area contributed by atoms with Crippen LogP contribution in [0.1, 0.15) is 92.4 Å². The van der Waals surface area contributed by atoms with E-state index < -0.39 is 8.32 Å². The third kappa shape index (κ3) is 3.17. The highest BCUT2D eigenvalue weighted by molar-refractivity contribution is 6.73.